The highest BCUT2D eigenvalue weighted by atomic mass is 16.2. The summed E-state index contributed by atoms with van der Waals surface area (Å²) in [5.41, 5.74) is 2.02. The topological polar surface area (TPSA) is 78.7 Å². The Balaban J connectivity index is 4.00. The second kappa shape index (κ2) is 7.19. The SMILES string of the molecule is CCN(CC)C(=O)CN(C)CC(=O)NN. The monoisotopic (exact) mass is 216 g/mol. The molecule has 0 aromatic rings. The van der Waals surface area contributed by atoms with E-state index in [9.17, 15) is 9.59 Å². The molecule has 15 heavy (non-hydrogen) atoms. The summed E-state index contributed by atoms with van der Waals surface area (Å²) in [4.78, 5) is 25.9. The maximum Gasteiger partial charge on any atom is 0.248 e. The van der Waals surface area contributed by atoms with Gasteiger partial charge in [-0.2, -0.15) is 0 Å². The molecule has 0 spiro atoms. The van der Waals surface area contributed by atoms with Crippen molar-refractivity contribution in [3.63, 3.8) is 0 Å². The van der Waals surface area contributed by atoms with Crippen molar-refractivity contribution in [3.8, 4) is 0 Å². The number of hydrazine groups is 1. The minimum absolute atomic E-state index is 0.0207. The Kier molecular flexibility index (Phi) is 6.64. The van der Waals surface area contributed by atoms with Gasteiger partial charge in [-0.25, -0.2) is 5.84 Å². The van der Waals surface area contributed by atoms with Gasteiger partial charge in [-0.3, -0.25) is 19.9 Å². The Morgan fingerprint density at radius 2 is 1.73 bits per heavy atom. The van der Waals surface area contributed by atoms with Crippen LogP contribution in [0, 0.1) is 0 Å². The van der Waals surface area contributed by atoms with Gasteiger partial charge in [0.1, 0.15) is 0 Å². The largest absolute Gasteiger partial charge is 0.342 e. The fourth-order valence-corrected chi connectivity index (χ4v) is 1.25. The van der Waals surface area contributed by atoms with E-state index in [0.29, 0.717) is 13.1 Å². The van der Waals surface area contributed by atoms with Gasteiger partial charge in [-0.1, -0.05) is 0 Å². The summed E-state index contributed by atoms with van der Waals surface area (Å²) in [7, 11) is 1.70. The van der Waals surface area contributed by atoms with Gasteiger partial charge in [0.15, 0.2) is 0 Å². The molecule has 0 radical (unpaired) electrons. The molecule has 0 atom stereocenters. The molecule has 0 rings (SSSR count). The molecular formula is C9H20N4O2. The van der Waals surface area contributed by atoms with E-state index in [2.05, 4.69) is 0 Å². The minimum Gasteiger partial charge on any atom is -0.342 e. The quantitative estimate of drug-likeness (QED) is 0.331. The molecule has 0 aliphatic rings. The normalized spacial score (nSPS) is 10.2. The Morgan fingerprint density at radius 1 is 1.20 bits per heavy atom. The van der Waals surface area contributed by atoms with E-state index in [1.807, 2.05) is 19.3 Å². The smallest absolute Gasteiger partial charge is 0.248 e. The van der Waals surface area contributed by atoms with Gasteiger partial charge in [-0.05, 0) is 20.9 Å². The van der Waals surface area contributed by atoms with Crippen LogP contribution in [-0.2, 0) is 9.59 Å². The van der Waals surface area contributed by atoms with E-state index in [0.717, 1.165) is 0 Å². The summed E-state index contributed by atoms with van der Waals surface area (Å²) in [6.45, 7) is 5.58. The number of nitrogens with one attached hydrogen (secondary N) is 1. The van der Waals surface area contributed by atoms with Crippen LogP contribution in [0.4, 0.5) is 0 Å². The number of amides is 2. The molecule has 6 heteroatoms. The number of rotatable bonds is 6. The number of hydrogen-bond acceptors (Lipinski definition) is 4. The highest BCUT2D eigenvalue weighted by Gasteiger charge is 2.13. The number of carbonyl (C=O) groups is 2. The molecule has 6 nitrogen and oxygen atoms in total. The van der Waals surface area contributed by atoms with E-state index >= 15 is 0 Å². The third-order valence-electron chi connectivity index (χ3n) is 2.10. The lowest BCUT2D eigenvalue weighted by molar-refractivity contribution is -0.132. The van der Waals surface area contributed by atoms with Crippen LogP contribution in [0.25, 0.3) is 0 Å². The maximum atomic E-state index is 11.6. The van der Waals surface area contributed by atoms with Crippen LogP contribution in [-0.4, -0.2) is 54.8 Å². The number of likely N-dealkylation sites (N-methyl/N-ethyl adjacent to an activating group) is 2. The van der Waals surface area contributed by atoms with Crippen LogP contribution in [0.5, 0.6) is 0 Å². The first-order valence-corrected chi connectivity index (χ1v) is 5.00. The molecular weight excluding hydrogens is 196 g/mol. The van der Waals surface area contributed by atoms with Crippen molar-refractivity contribution in [2.24, 2.45) is 5.84 Å². The molecule has 0 aliphatic carbocycles. The predicted molar refractivity (Wildman–Crippen MR) is 57.8 cm³/mol. The van der Waals surface area contributed by atoms with Crippen LogP contribution in [0.1, 0.15) is 13.8 Å². The first kappa shape index (κ1) is 13.9. The first-order valence-electron chi connectivity index (χ1n) is 5.00. The number of carbonyl (C=O) groups excluding carboxylic acids is 2. The third kappa shape index (κ3) is 5.34. The third-order valence-corrected chi connectivity index (χ3v) is 2.10. The Hall–Kier alpha value is -1.14. The molecule has 0 unspecified atom stereocenters. The number of nitrogens with two attached hydrogens (primary N) is 1. The fraction of sp³-hybridized carbons (Fsp3) is 0.778. The van der Waals surface area contributed by atoms with Gasteiger partial charge in [0, 0.05) is 13.1 Å². The summed E-state index contributed by atoms with van der Waals surface area (Å²) in [5, 5.41) is 0. The Labute approximate surface area is 90.4 Å². The molecule has 0 bridgehead atoms. The summed E-state index contributed by atoms with van der Waals surface area (Å²) in [5.74, 6) is 4.66. The molecule has 0 heterocycles. The molecule has 0 saturated carbocycles. The van der Waals surface area contributed by atoms with E-state index in [1.165, 1.54) is 0 Å². The van der Waals surface area contributed by atoms with Crippen molar-refractivity contribution in [1.29, 1.82) is 0 Å². The fourth-order valence-electron chi connectivity index (χ4n) is 1.25. The van der Waals surface area contributed by atoms with Crippen molar-refractivity contribution < 1.29 is 9.59 Å². The summed E-state index contributed by atoms with van der Waals surface area (Å²) in [6.07, 6.45) is 0. The second-order valence-corrected chi connectivity index (χ2v) is 3.31. The zero-order valence-electron chi connectivity index (χ0n) is 9.62. The van der Waals surface area contributed by atoms with Crippen LogP contribution < -0.4 is 11.3 Å². The average molecular weight is 216 g/mol. The van der Waals surface area contributed by atoms with Crippen molar-refractivity contribution >= 4 is 11.8 Å². The van der Waals surface area contributed by atoms with Crippen LogP contribution in [0.2, 0.25) is 0 Å². The highest BCUT2D eigenvalue weighted by Crippen LogP contribution is 1.91. The van der Waals surface area contributed by atoms with Gasteiger partial charge in [0.25, 0.3) is 0 Å². The number of nitrogens with zero attached hydrogens (tertiary/aromatic N) is 2. The lowest BCUT2D eigenvalue weighted by Crippen LogP contribution is -2.44. The average Bonchev–Trinajstić information content (AvgIpc) is 2.19. The first-order chi connectivity index (χ1) is 7.04. The molecule has 3 N–H and O–H groups in total. The predicted octanol–water partition coefficient (Wildman–Crippen LogP) is -1.22. The Morgan fingerprint density at radius 3 is 2.13 bits per heavy atom. The zero-order valence-corrected chi connectivity index (χ0v) is 9.62. The summed E-state index contributed by atoms with van der Waals surface area (Å²) in [6, 6.07) is 0. The maximum absolute atomic E-state index is 11.6. The van der Waals surface area contributed by atoms with Gasteiger partial charge >= 0.3 is 0 Å². The molecule has 0 aromatic heterocycles. The standard InChI is InChI=1S/C9H20N4O2/c1-4-13(5-2)9(15)7-12(3)6-8(14)11-10/h4-7,10H2,1-3H3,(H,11,14). The van der Waals surface area contributed by atoms with Crippen LogP contribution >= 0.6 is 0 Å². The van der Waals surface area contributed by atoms with E-state index in [1.54, 1.807) is 16.8 Å². The van der Waals surface area contributed by atoms with Crippen molar-refractivity contribution in [2.45, 2.75) is 13.8 Å². The van der Waals surface area contributed by atoms with Crippen molar-refractivity contribution in [3.05, 3.63) is 0 Å². The molecule has 0 aliphatic heterocycles. The van der Waals surface area contributed by atoms with Crippen LogP contribution in [0.3, 0.4) is 0 Å². The number of hydrogen-bond donors (Lipinski definition) is 2. The van der Waals surface area contributed by atoms with Gasteiger partial charge in [-0.15, -0.1) is 0 Å². The minimum atomic E-state index is -0.301. The molecule has 0 saturated heterocycles. The Bertz CT molecular complexity index is 216. The molecule has 88 valence electrons. The van der Waals surface area contributed by atoms with Crippen LogP contribution in [0.15, 0.2) is 0 Å². The van der Waals surface area contributed by atoms with E-state index in [-0.39, 0.29) is 24.9 Å². The molecule has 2 amide bonds. The molecule has 0 fully saturated rings. The molecule has 0 aromatic carbocycles. The lowest BCUT2D eigenvalue weighted by atomic mass is 10.4. The van der Waals surface area contributed by atoms with Crippen molar-refractivity contribution in [2.75, 3.05) is 33.2 Å². The summed E-state index contributed by atoms with van der Waals surface area (Å²) < 4.78 is 0. The van der Waals surface area contributed by atoms with Gasteiger partial charge in [0.2, 0.25) is 11.8 Å². The van der Waals surface area contributed by atoms with Crippen molar-refractivity contribution in [1.82, 2.24) is 15.2 Å². The second-order valence-electron chi connectivity index (χ2n) is 3.31. The summed E-state index contributed by atoms with van der Waals surface area (Å²) >= 11 is 0. The lowest BCUT2D eigenvalue weighted by Gasteiger charge is -2.22. The van der Waals surface area contributed by atoms with E-state index < -0.39 is 0 Å². The van der Waals surface area contributed by atoms with Gasteiger partial charge < -0.3 is 4.90 Å². The highest BCUT2D eigenvalue weighted by molar-refractivity contribution is 5.80. The van der Waals surface area contributed by atoms with Gasteiger partial charge in [0.05, 0.1) is 13.1 Å². The zero-order chi connectivity index (χ0) is 11.8. The van der Waals surface area contributed by atoms with E-state index in [4.69, 9.17) is 5.84 Å².